The number of aromatic amines is 1. The van der Waals surface area contributed by atoms with Crippen molar-refractivity contribution >= 4 is 0 Å². The van der Waals surface area contributed by atoms with Gasteiger partial charge in [0.05, 0.1) is 23.3 Å². The van der Waals surface area contributed by atoms with Crippen molar-refractivity contribution in [3.05, 3.63) is 60.9 Å². The molecule has 0 unspecified atom stereocenters. The number of phenols is 3. The number of benzene rings is 2. The maximum atomic E-state index is 10.1. The molecular weight excluding hydrogens is 320 g/mol. The number of phenolic OH excluding ortho intramolecular Hbond substituents is 3. The van der Waals surface area contributed by atoms with Gasteiger partial charge >= 0.3 is 0 Å². The maximum Gasteiger partial charge on any atom is 0.200 e. The average Bonchev–Trinajstić information content (AvgIpc) is 3.30. The third-order valence-corrected chi connectivity index (χ3v) is 3.92. The van der Waals surface area contributed by atoms with Crippen molar-refractivity contribution in [1.29, 1.82) is 0 Å². The highest BCUT2D eigenvalue weighted by Crippen LogP contribution is 2.43. The van der Waals surface area contributed by atoms with Crippen LogP contribution >= 0.6 is 0 Å². The Balaban J connectivity index is 1.79. The number of para-hydroxylation sites is 1. The first kappa shape index (κ1) is 14.8. The first-order valence-corrected chi connectivity index (χ1v) is 7.54. The fraction of sp³-hybridized carbons (Fsp3) is 0. The zero-order valence-electron chi connectivity index (χ0n) is 13.0. The summed E-state index contributed by atoms with van der Waals surface area (Å²) >= 11 is 0. The first-order valence-electron chi connectivity index (χ1n) is 7.54. The number of rotatable bonds is 3. The molecule has 0 saturated heterocycles. The zero-order chi connectivity index (χ0) is 17.4. The molecule has 0 aliphatic heterocycles. The highest BCUT2D eigenvalue weighted by atomic mass is 16.3. The topological polar surface area (TPSA) is 107 Å². The molecule has 7 heteroatoms. The van der Waals surface area contributed by atoms with Crippen LogP contribution in [0.15, 0.2) is 60.9 Å². The SMILES string of the molecule is Oc1ccc(-c2[nH]ncc2-c2ccn(-c3ccccc3)n2)c(O)c1O. The Morgan fingerprint density at radius 3 is 2.44 bits per heavy atom. The van der Waals surface area contributed by atoms with Crippen LogP contribution in [0.4, 0.5) is 0 Å². The minimum atomic E-state index is -0.576. The highest BCUT2D eigenvalue weighted by Gasteiger charge is 2.19. The predicted molar refractivity (Wildman–Crippen MR) is 91.6 cm³/mol. The molecule has 4 N–H and O–H groups in total. The van der Waals surface area contributed by atoms with Crippen molar-refractivity contribution in [2.75, 3.05) is 0 Å². The number of hydrogen-bond donors (Lipinski definition) is 4. The zero-order valence-corrected chi connectivity index (χ0v) is 13.0. The van der Waals surface area contributed by atoms with Crippen LogP contribution < -0.4 is 0 Å². The third-order valence-electron chi connectivity index (χ3n) is 3.92. The van der Waals surface area contributed by atoms with Crippen LogP contribution in [0.25, 0.3) is 28.2 Å². The van der Waals surface area contributed by atoms with Crippen LogP contribution in [0, 0.1) is 0 Å². The van der Waals surface area contributed by atoms with Gasteiger partial charge in [0.2, 0.25) is 5.75 Å². The van der Waals surface area contributed by atoms with Crippen LogP contribution in [0.5, 0.6) is 17.2 Å². The fourth-order valence-corrected chi connectivity index (χ4v) is 2.65. The lowest BCUT2D eigenvalue weighted by Gasteiger charge is -2.07. The summed E-state index contributed by atoms with van der Waals surface area (Å²) in [6.07, 6.45) is 3.42. The predicted octanol–water partition coefficient (Wildman–Crippen LogP) is 3.05. The number of nitrogens with one attached hydrogen (secondary N) is 1. The number of aromatic nitrogens is 4. The van der Waals surface area contributed by atoms with Gasteiger partial charge in [0.25, 0.3) is 0 Å². The molecule has 0 aliphatic rings. The van der Waals surface area contributed by atoms with E-state index < -0.39 is 17.2 Å². The van der Waals surface area contributed by atoms with Crippen molar-refractivity contribution in [3.63, 3.8) is 0 Å². The second kappa shape index (κ2) is 5.72. The maximum absolute atomic E-state index is 10.1. The van der Waals surface area contributed by atoms with Gasteiger partial charge in [0.1, 0.15) is 0 Å². The minimum Gasteiger partial charge on any atom is -0.504 e. The van der Waals surface area contributed by atoms with Gasteiger partial charge in [-0.1, -0.05) is 18.2 Å². The van der Waals surface area contributed by atoms with Crippen molar-refractivity contribution < 1.29 is 15.3 Å². The molecular formula is C18H14N4O3. The fourth-order valence-electron chi connectivity index (χ4n) is 2.65. The van der Waals surface area contributed by atoms with Crippen LogP contribution in [0.3, 0.4) is 0 Å². The molecule has 4 aromatic rings. The molecule has 0 radical (unpaired) electrons. The molecule has 0 saturated carbocycles. The van der Waals surface area contributed by atoms with Gasteiger partial charge in [-0.25, -0.2) is 4.68 Å². The summed E-state index contributed by atoms with van der Waals surface area (Å²) in [6, 6.07) is 14.3. The Kier molecular flexibility index (Phi) is 3.39. The quantitative estimate of drug-likeness (QED) is 0.431. The number of nitrogens with zero attached hydrogens (tertiary/aromatic N) is 3. The molecule has 0 spiro atoms. The van der Waals surface area contributed by atoms with Gasteiger partial charge in [-0.2, -0.15) is 10.2 Å². The third kappa shape index (κ3) is 2.47. The van der Waals surface area contributed by atoms with E-state index in [1.165, 1.54) is 12.1 Å². The van der Waals surface area contributed by atoms with Gasteiger partial charge in [-0.05, 0) is 30.3 Å². The van der Waals surface area contributed by atoms with Crippen LogP contribution in [-0.2, 0) is 0 Å². The Hall–Kier alpha value is -3.74. The molecule has 4 rings (SSSR count). The number of H-pyrrole nitrogens is 1. The molecule has 0 bridgehead atoms. The molecule has 0 fully saturated rings. The summed E-state index contributed by atoms with van der Waals surface area (Å²) in [6.45, 7) is 0. The molecule has 25 heavy (non-hydrogen) atoms. The smallest absolute Gasteiger partial charge is 0.200 e. The van der Waals surface area contributed by atoms with Gasteiger partial charge in [-0.15, -0.1) is 0 Å². The van der Waals surface area contributed by atoms with E-state index >= 15 is 0 Å². The van der Waals surface area contributed by atoms with Crippen molar-refractivity contribution in [3.8, 4) is 45.5 Å². The molecule has 0 amide bonds. The Morgan fingerprint density at radius 1 is 0.840 bits per heavy atom. The summed E-state index contributed by atoms with van der Waals surface area (Å²) < 4.78 is 1.74. The normalized spacial score (nSPS) is 10.9. The van der Waals surface area contributed by atoms with Crippen LogP contribution in [0.1, 0.15) is 0 Å². The minimum absolute atomic E-state index is 0.317. The second-order valence-corrected chi connectivity index (χ2v) is 5.47. The van der Waals surface area contributed by atoms with Crippen LogP contribution in [-0.4, -0.2) is 35.3 Å². The van der Waals surface area contributed by atoms with E-state index in [9.17, 15) is 15.3 Å². The summed E-state index contributed by atoms with van der Waals surface area (Å²) in [5.74, 6) is -1.39. The van der Waals surface area contributed by atoms with E-state index in [1.54, 1.807) is 10.9 Å². The van der Waals surface area contributed by atoms with E-state index in [1.807, 2.05) is 42.6 Å². The second-order valence-electron chi connectivity index (χ2n) is 5.47. The molecule has 2 aromatic heterocycles. The largest absolute Gasteiger partial charge is 0.504 e. The lowest BCUT2D eigenvalue weighted by atomic mass is 10.0. The van der Waals surface area contributed by atoms with Crippen molar-refractivity contribution in [1.82, 2.24) is 20.0 Å². The van der Waals surface area contributed by atoms with E-state index in [2.05, 4.69) is 15.3 Å². The first-order chi connectivity index (χ1) is 12.1. The number of hydrogen-bond acceptors (Lipinski definition) is 5. The van der Waals surface area contributed by atoms with E-state index in [0.717, 1.165) is 5.69 Å². The summed E-state index contributed by atoms with van der Waals surface area (Å²) in [5, 5.41) is 40.7. The Bertz CT molecular complexity index is 1040. The summed E-state index contributed by atoms with van der Waals surface area (Å²) in [4.78, 5) is 0. The molecule has 124 valence electrons. The lowest BCUT2D eigenvalue weighted by Crippen LogP contribution is -1.94. The number of aromatic hydroxyl groups is 3. The highest BCUT2D eigenvalue weighted by molar-refractivity contribution is 5.83. The molecule has 2 heterocycles. The van der Waals surface area contributed by atoms with E-state index in [0.29, 0.717) is 22.5 Å². The van der Waals surface area contributed by atoms with Gasteiger partial charge in [-0.3, -0.25) is 5.10 Å². The Labute approximate surface area is 142 Å². The van der Waals surface area contributed by atoms with Gasteiger partial charge < -0.3 is 15.3 Å². The average molecular weight is 334 g/mol. The molecule has 0 aliphatic carbocycles. The van der Waals surface area contributed by atoms with Gasteiger partial charge in [0.15, 0.2) is 11.5 Å². The van der Waals surface area contributed by atoms with Crippen LogP contribution in [0.2, 0.25) is 0 Å². The summed E-state index contributed by atoms with van der Waals surface area (Å²) in [7, 11) is 0. The molecule has 2 aromatic carbocycles. The van der Waals surface area contributed by atoms with Gasteiger partial charge in [0, 0.05) is 17.3 Å². The molecule has 0 atom stereocenters. The molecule has 7 nitrogen and oxygen atoms in total. The lowest BCUT2D eigenvalue weighted by molar-refractivity contribution is 0.369. The van der Waals surface area contributed by atoms with E-state index in [4.69, 9.17) is 0 Å². The van der Waals surface area contributed by atoms with E-state index in [-0.39, 0.29) is 0 Å². The van der Waals surface area contributed by atoms with Crippen molar-refractivity contribution in [2.24, 2.45) is 0 Å². The monoisotopic (exact) mass is 334 g/mol. The van der Waals surface area contributed by atoms with Crippen molar-refractivity contribution in [2.45, 2.75) is 0 Å². The summed E-state index contributed by atoms with van der Waals surface area (Å²) in [5.41, 5.74) is 3.04. The Morgan fingerprint density at radius 2 is 1.64 bits per heavy atom. The standard InChI is InChI=1S/C18H14N4O3/c23-15-7-6-12(17(24)18(15)25)16-13(10-19-20-16)14-8-9-22(21-14)11-4-2-1-3-5-11/h1-10,23-25H,(H,19,20).